The van der Waals surface area contributed by atoms with Crippen molar-refractivity contribution in [3.63, 3.8) is 0 Å². The lowest BCUT2D eigenvalue weighted by Crippen LogP contribution is -2.33. The summed E-state index contributed by atoms with van der Waals surface area (Å²) in [5.74, 6) is -0.474. The molecule has 1 aliphatic carbocycles. The minimum atomic E-state index is -0.474. The minimum Gasteiger partial charge on any atom is -0.344 e. The van der Waals surface area contributed by atoms with Crippen LogP contribution in [0.3, 0.4) is 0 Å². The smallest absolute Gasteiger partial charge is 0.169 e. The van der Waals surface area contributed by atoms with Crippen LogP contribution in [0.25, 0.3) is 0 Å². The monoisotopic (exact) mass is 299 g/mol. The van der Waals surface area contributed by atoms with Gasteiger partial charge in [-0.25, -0.2) is 0 Å². The minimum absolute atomic E-state index is 0.268. The van der Waals surface area contributed by atoms with Gasteiger partial charge < -0.3 is 9.47 Å². The van der Waals surface area contributed by atoms with Gasteiger partial charge in [-0.15, -0.1) is 0 Å². The van der Waals surface area contributed by atoms with Crippen LogP contribution in [0.2, 0.25) is 10.0 Å². The standard InChI is InChI=1S/C15H17Cl2O2/c1-10-14(13-11(16)6-5-7-12(13)17)19-15(18-10)8-3-2-4-9-15/h5-7,10,14H,1-4,8-9H2/t10-,14+/m1/s1. The van der Waals surface area contributed by atoms with E-state index in [-0.39, 0.29) is 12.2 Å². The maximum absolute atomic E-state index is 6.25. The number of rotatable bonds is 1. The highest BCUT2D eigenvalue weighted by molar-refractivity contribution is 6.36. The molecule has 2 nitrogen and oxygen atoms in total. The predicted molar refractivity (Wildman–Crippen MR) is 76.3 cm³/mol. The van der Waals surface area contributed by atoms with Crippen LogP contribution >= 0.6 is 23.2 Å². The van der Waals surface area contributed by atoms with Gasteiger partial charge in [0.15, 0.2) is 5.79 Å². The zero-order valence-corrected chi connectivity index (χ0v) is 12.2. The Balaban J connectivity index is 1.90. The van der Waals surface area contributed by atoms with Crippen LogP contribution < -0.4 is 0 Å². The van der Waals surface area contributed by atoms with Gasteiger partial charge in [-0.1, -0.05) is 35.7 Å². The molecule has 0 amide bonds. The first-order chi connectivity index (χ1) is 9.11. The highest BCUT2D eigenvalue weighted by Crippen LogP contribution is 2.48. The van der Waals surface area contributed by atoms with Crippen molar-refractivity contribution in [2.24, 2.45) is 0 Å². The molecule has 0 unspecified atom stereocenters. The van der Waals surface area contributed by atoms with Gasteiger partial charge in [0, 0.05) is 28.5 Å². The normalized spacial score (nSPS) is 29.8. The summed E-state index contributed by atoms with van der Waals surface area (Å²) >= 11 is 12.5. The Bertz CT molecular complexity index is 449. The zero-order valence-electron chi connectivity index (χ0n) is 10.7. The van der Waals surface area contributed by atoms with Gasteiger partial charge in [0.05, 0.1) is 6.10 Å². The van der Waals surface area contributed by atoms with Crippen molar-refractivity contribution in [1.29, 1.82) is 0 Å². The van der Waals surface area contributed by atoms with Gasteiger partial charge in [0.1, 0.15) is 6.10 Å². The fraction of sp³-hybridized carbons (Fsp3) is 0.533. The van der Waals surface area contributed by atoms with Crippen molar-refractivity contribution in [1.82, 2.24) is 0 Å². The molecule has 3 rings (SSSR count). The Labute approximate surface area is 124 Å². The summed E-state index contributed by atoms with van der Waals surface area (Å²) < 4.78 is 12.2. The molecule has 0 bridgehead atoms. The molecule has 1 radical (unpaired) electrons. The first-order valence-corrected chi connectivity index (χ1v) is 7.49. The first kappa shape index (κ1) is 13.7. The third-order valence-corrected chi connectivity index (χ3v) is 4.60. The van der Waals surface area contributed by atoms with Gasteiger partial charge in [-0.3, -0.25) is 0 Å². The number of benzene rings is 1. The van der Waals surface area contributed by atoms with Gasteiger partial charge >= 0.3 is 0 Å². The van der Waals surface area contributed by atoms with E-state index in [1.807, 2.05) is 18.2 Å². The largest absolute Gasteiger partial charge is 0.344 e. The van der Waals surface area contributed by atoms with E-state index < -0.39 is 5.79 Å². The molecule has 0 aromatic heterocycles. The second-order valence-electron chi connectivity index (χ2n) is 5.30. The van der Waals surface area contributed by atoms with Crippen molar-refractivity contribution < 1.29 is 9.47 Å². The fourth-order valence-electron chi connectivity index (χ4n) is 3.03. The molecule has 4 heteroatoms. The van der Waals surface area contributed by atoms with Gasteiger partial charge in [-0.05, 0) is 31.9 Å². The molecule has 1 aromatic carbocycles. The van der Waals surface area contributed by atoms with Crippen LogP contribution in [0.15, 0.2) is 18.2 Å². The summed E-state index contributed by atoms with van der Waals surface area (Å²) in [7, 11) is 0. The maximum Gasteiger partial charge on any atom is 0.169 e. The van der Waals surface area contributed by atoms with Crippen molar-refractivity contribution in [3.8, 4) is 0 Å². The molecule has 1 saturated carbocycles. The van der Waals surface area contributed by atoms with Crippen LogP contribution in [0.4, 0.5) is 0 Å². The third kappa shape index (κ3) is 2.52. The topological polar surface area (TPSA) is 18.5 Å². The maximum atomic E-state index is 6.25. The van der Waals surface area contributed by atoms with Crippen molar-refractivity contribution in [2.75, 3.05) is 0 Å². The lowest BCUT2D eigenvalue weighted by molar-refractivity contribution is -0.192. The molecular formula is C15H17Cl2O2. The van der Waals surface area contributed by atoms with Crippen molar-refractivity contribution in [3.05, 3.63) is 40.7 Å². The summed E-state index contributed by atoms with van der Waals surface area (Å²) in [5.41, 5.74) is 0.799. The van der Waals surface area contributed by atoms with E-state index in [1.54, 1.807) is 0 Å². The molecule has 0 N–H and O–H groups in total. The van der Waals surface area contributed by atoms with Crippen LogP contribution in [0.1, 0.15) is 43.8 Å². The predicted octanol–water partition coefficient (Wildman–Crippen LogP) is 4.94. The third-order valence-electron chi connectivity index (χ3n) is 3.95. The zero-order chi connectivity index (χ0) is 13.5. The lowest BCUT2D eigenvalue weighted by Gasteiger charge is -2.32. The van der Waals surface area contributed by atoms with Crippen LogP contribution in [0.5, 0.6) is 0 Å². The molecule has 1 heterocycles. The Hall–Kier alpha value is -0.280. The van der Waals surface area contributed by atoms with E-state index in [1.165, 1.54) is 6.42 Å². The molecule has 2 aliphatic rings. The fourth-order valence-corrected chi connectivity index (χ4v) is 3.64. The first-order valence-electron chi connectivity index (χ1n) is 6.74. The Kier molecular flexibility index (Phi) is 3.78. The van der Waals surface area contributed by atoms with Gasteiger partial charge in [0.25, 0.3) is 0 Å². The molecule has 1 aromatic rings. The molecule has 103 valence electrons. The van der Waals surface area contributed by atoms with E-state index in [9.17, 15) is 0 Å². The summed E-state index contributed by atoms with van der Waals surface area (Å²) in [6, 6.07) is 5.48. The summed E-state index contributed by atoms with van der Waals surface area (Å²) in [6.45, 7) is 4.06. The van der Waals surface area contributed by atoms with Crippen LogP contribution in [-0.2, 0) is 9.47 Å². The second-order valence-corrected chi connectivity index (χ2v) is 6.12. The van der Waals surface area contributed by atoms with Crippen molar-refractivity contribution in [2.45, 2.75) is 50.1 Å². The average Bonchev–Trinajstić information content (AvgIpc) is 2.67. The van der Waals surface area contributed by atoms with E-state index in [2.05, 4.69) is 6.92 Å². The Morgan fingerprint density at radius 1 is 1.05 bits per heavy atom. The second kappa shape index (κ2) is 5.25. The van der Waals surface area contributed by atoms with E-state index >= 15 is 0 Å². The molecule has 19 heavy (non-hydrogen) atoms. The highest BCUT2D eigenvalue weighted by atomic mass is 35.5. The van der Waals surface area contributed by atoms with E-state index in [0.717, 1.165) is 31.2 Å². The summed E-state index contributed by atoms with van der Waals surface area (Å²) in [5, 5.41) is 1.23. The van der Waals surface area contributed by atoms with E-state index in [0.29, 0.717) is 10.0 Å². The SMILES string of the molecule is [CH2][C@H]1OC2(CCCCC2)O[C@@H]1c1c(Cl)cccc1Cl. The van der Waals surface area contributed by atoms with Crippen LogP contribution in [-0.4, -0.2) is 11.9 Å². The number of hydrogen-bond acceptors (Lipinski definition) is 2. The molecule has 1 saturated heterocycles. The van der Waals surface area contributed by atoms with E-state index in [4.69, 9.17) is 32.7 Å². The molecule has 1 spiro atoms. The number of ether oxygens (including phenoxy) is 2. The Morgan fingerprint density at radius 2 is 1.68 bits per heavy atom. The number of hydrogen-bond donors (Lipinski definition) is 0. The quantitative estimate of drug-likeness (QED) is 0.731. The number of halogens is 2. The van der Waals surface area contributed by atoms with Gasteiger partial charge in [-0.2, -0.15) is 0 Å². The summed E-state index contributed by atoms with van der Waals surface area (Å²) in [4.78, 5) is 0. The average molecular weight is 300 g/mol. The molecular weight excluding hydrogens is 283 g/mol. The highest BCUT2D eigenvalue weighted by Gasteiger charge is 2.47. The Morgan fingerprint density at radius 3 is 2.32 bits per heavy atom. The van der Waals surface area contributed by atoms with Crippen LogP contribution in [0, 0.1) is 6.92 Å². The summed E-state index contributed by atoms with van der Waals surface area (Å²) in [6.07, 6.45) is 4.82. The molecule has 1 aliphatic heterocycles. The van der Waals surface area contributed by atoms with Gasteiger partial charge in [0.2, 0.25) is 0 Å². The van der Waals surface area contributed by atoms with Crippen molar-refractivity contribution >= 4 is 23.2 Å². The molecule has 2 fully saturated rings. The molecule has 2 atom stereocenters. The lowest BCUT2D eigenvalue weighted by atomic mass is 9.94.